The third kappa shape index (κ3) is 5.36. The lowest BCUT2D eigenvalue weighted by atomic mass is 10.2. The Kier molecular flexibility index (Phi) is 6.53. The molecular weight excluding hydrogens is 428 g/mol. The van der Waals surface area contributed by atoms with Crippen LogP contribution in [0.5, 0.6) is 28.9 Å². The van der Waals surface area contributed by atoms with E-state index in [1.54, 1.807) is 0 Å². The molecule has 13 heteroatoms. The van der Waals surface area contributed by atoms with Gasteiger partial charge >= 0.3 is 18.5 Å². The fourth-order valence-electron chi connectivity index (χ4n) is 2.21. The average Bonchev–Trinajstić information content (AvgIpc) is 2.65. The number of alkyl halides is 6. The highest BCUT2D eigenvalue weighted by Gasteiger charge is 2.37. The summed E-state index contributed by atoms with van der Waals surface area (Å²) in [5.74, 6) is -3.84. The first-order valence-corrected chi connectivity index (χ1v) is 7.75. The standard InChI is InChI=1S/C17H13F6NO6/c1-26-10-6-8(30-17(21,22)23)4-5-9(10)29-11-7-12(16(18,19)20)24-14(27-2)13(11)15(25)28-3/h4-7H,1-3H3. The lowest BCUT2D eigenvalue weighted by Gasteiger charge is -2.17. The van der Waals surface area contributed by atoms with E-state index >= 15 is 0 Å². The number of hydrogen-bond donors (Lipinski definition) is 0. The number of nitrogens with zero attached hydrogens (tertiary/aromatic N) is 1. The molecule has 1 aromatic carbocycles. The number of halogens is 6. The molecule has 0 amide bonds. The number of pyridine rings is 1. The molecule has 0 aliphatic rings. The SMILES string of the molecule is COC(=O)c1c(Oc2ccc(OC(F)(F)F)cc2OC)cc(C(F)(F)F)nc1OC. The lowest BCUT2D eigenvalue weighted by molar-refractivity contribution is -0.274. The van der Waals surface area contributed by atoms with Crippen LogP contribution < -0.4 is 18.9 Å². The van der Waals surface area contributed by atoms with E-state index in [-0.39, 0.29) is 11.5 Å². The van der Waals surface area contributed by atoms with Crippen molar-refractivity contribution in [3.8, 4) is 28.9 Å². The molecule has 0 unspecified atom stereocenters. The summed E-state index contributed by atoms with van der Waals surface area (Å²) >= 11 is 0. The maximum Gasteiger partial charge on any atom is 0.573 e. The van der Waals surface area contributed by atoms with Gasteiger partial charge in [-0.15, -0.1) is 13.2 Å². The largest absolute Gasteiger partial charge is 0.573 e. The van der Waals surface area contributed by atoms with E-state index in [9.17, 15) is 31.1 Å². The molecule has 0 radical (unpaired) electrons. The molecule has 0 saturated heterocycles. The zero-order chi connectivity index (χ0) is 22.7. The van der Waals surface area contributed by atoms with Gasteiger partial charge in [-0.1, -0.05) is 0 Å². The van der Waals surface area contributed by atoms with Crippen molar-refractivity contribution in [3.05, 3.63) is 35.5 Å². The number of benzene rings is 1. The highest BCUT2D eigenvalue weighted by atomic mass is 19.4. The van der Waals surface area contributed by atoms with Crippen molar-refractivity contribution in [2.75, 3.05) is 21.3 Å². The quantitative estimate of drug-likeness (QED) is 0.479. The Hall–Kier alpha value is -3.38. The Morgan fingerprint density at radius 3 is 2.07 bits per heavy atom. The molecule has 0 fully saturated rings. The van der Waals surface area contributed by atoms with E-state index < -0.39 is 47.1 Å². The molecule has 0 atom stereocenters. The van der Waals surface area contributed by atoms with E-state index in [4.69, 9.17) is 14.2 Å². The van der Waals surface area contributed by atoms with E-state index in [0.717, 1.165) is 39.5 Å². The van der Waals surface area contributed by atoms with Gasteiger partial charge in [0.15, 0.2) is 22.8 Å². The van der Waals surface area contributed by atoms with Crippen LogP contribution in [0, 0.1) is 0 Å². The second-order valence-electron chi connectivity index (χ2n) is 5.34. The third-order valence-electron chi connectivity index (χ3n) is 3.41. The number of hydrogen-bond acceptors (Lipinski definition) is 7. The van der Waals surface area contributed by atoms with Crippen LogP contribution in [0.2, 0.25) is 0 Å². The molecule has 7 nitrogen and oxygen atoms in total. The Morgan fingerprint density at radius 2 is 1.57 bits per heavy atom. The minimum atomic E-state index is -4.98. The molecular formula is C17H13F6NO6. The first-order chi connectivity index (χ1) is 13.9. The minimum absolute atomic E-state index is 0.321. The predicted octanol–water partition coefficient (Wildman–Crippen LogP) is 4.60. The van der Waals surface area contributed by atoms with Crippen LogP contribution in [0.3, 0.4) is 0 Å². The molecule has 164 valence electrons. The highest BCUT2D eigenvalue weighted by molar-refractivity contribution is 5.95. The van der Waals surface area contributed by atoms with Crippen molar-refractivity contribution < 1.29 is 54.8 Å². The first-order valence-electron chi connectivity index (χ1n) is 7.75. The van der Waals surface area contributed by atoms with E-state index in [1.807, 2.05) is 0 Å². The second-order valence-corrected chi connectivity index (χ2v) is 5.34. The van der Waals surface area contributed by atoms with Gasteiger partial charge in [0, 0.05) is 12.1 Å². The molecule has 0 saturated carbocycles. The third-order valence-corrected chi connectivity index (χ3v) is 3.41. The summed E-state index contributed by atoms with van der Waals surface area (Å²) in [7, 11) is 3.02. The molecule has 30 heavy (non-hydrogen) atoms. The molecule has 2 aromatic rings. The number of methoxy groups -OCH3 is 3. The first kappa shape index (κ1) is 22.9. The van der Waals surface area contributed by atoms with Gasteiger partial charge in [-0.25, -0.2) is 9.78 Å². The van der Waals surface area contributed by atoms with Crippen LogP contribution in [0.1, 0.15) is 16.1 Å². The maximum atomic E-state index is 13.2. The number of esters is 1. The van der Waals surface area contributed by atoms with Gasteiger partial charge in [-0.3, -0.25) is 0 Å². The molecule has 0 aliphatic heterocycles. The van der Waals surface area contributed by atoms with Crippen LogP contribution in [-0.2, 0) is 10.9 Å². The van der Waals surface area contributed by atoms with Gasteiger partial charge in [-0.05, 0) is 12.1 Å². The van der Waals surface area contributed by atoms with Gasteiger partial charge in [0.1, 0.15) is 11.5 Å². The second kappa shape index (κ2) is 8.55. The Balaban J connectivity index is 2.59. The monoisotopic (exact) mass is 441 g/mol. The molecule has 0 spiro atoms. The summed E-state index contributed by atoms with van der Waals surface area (Å²) in [6, 6.07) is 2.99. The topological polar surface area (TPSA) is 76.1 Å². The number of ether oxygens (including phenoxy) is 5. The van der Waals surface area contributed by atoms with Crippen LogP contribution >= 0.6 is 0 Å². The predicted molar refractivity (Wildman–Crippen MR) is 86.9 cm³/mol. The molecule has 0 aliphatic carbocycles. The molecule has 1 aromatic heterocycles. The Labute approximate surface area is 165 Å². The number of aromatic nitrogens is 1. The minimum Gasteiger partial charge on any atom is -0.493 e. The number of carbonyl (C=O) groups excluding carboxylic acids is 1. The zero-order valence-electron chi connectivity index (χ0n) is 15.5. The Morgan fingerprint density at radius 1 is 0.900 bits per heavy atom. The number of carbonyl (C=O) groups is 1. The van der Waals surface area contributed by atoms with Crippen molar-refractivity contribution in [2.24, 2.45) is 0 Å². The van der Waals surface area contributed by atoms with Crippen molar-refractivity contribution in [2.45, 2.75) is 12.5 Å². The van der Waals surface area contributed by atoms with Crippen molar-refractivity contribution in [1.29, 1.82) is 0 Å². The summed E-state index contributed by atoms with van der Waals surface area (Å²) in [6.07, 6.45) is -9.90. The fourth-order valence-corrected chi connectivity index (χ4v) is 2.21. The molecule has 2 rings (SSSR count). The van der Waals surface area contributed by atoms with Crippen LogP contribution in [0.15, 0.2) is 24.3 Å². The lowest BCUT2D eigenvalue weighted by Crippen LogP contribution is -2.17. The summed E-state index contributed by atoms with van der Waals surface area (Å²) < 4.78 is 99.8. The van der Waals surface area contributed by atoms with Crippen LogP contribution in [0.25, 0.3) is 0 Å². The fraction of sp³-hybridized carbons (Fsp3) is 0.294. The van der Waals surface area contributed by atoms with Crippen molar-refractivity contribution in [1.82, 2.24) is 4.98 Å². The summed E-state index contributed by atoms with van der Waals surface area (Å²) in [5.41, 5.74) is -2.02. The zero-order valence-corrected chi connectivity index (χ0v) is 15.5. The van der Waals surface area contributed by atoms with E-state index in [1.165, 1.54) is 0 Å². The summed E-state index contributed by atoms with van der Waals surface area (Å²) in [6.45, 7) is 0. The van der Waals surface area contributed by atoms with Crippen molar-refractivity contribution >= 4 is 5.97 Å². The van der Waals surface area contributed by atoms with E-state index in [0.29, 0.717) is 6.07 Å². The average molecular weight is 441 g/mol. The molecule has 0 bridgehead atoms. The molecule has 1 heterocycles. The maximum absolute atomic E-state index is 13.2. The normalized spacial score (nSPS) is 11.6. The highest BCUT2D eigenvalue weighted by Crippen LogP contribution is 2.41. The number of rotatable bonds is 6. The summed E-state index contributed by atoms with van der Waals surface area (Å²) in [5, 5.41) is 0. The smallest absolute Gasteiger partial charge is 0.493 e. The van der Waals surface area contributed by atoms with Gasteiger partial charge < -0.3 is 23.7 Å². The van der Waals surface area contributed by atoms with Gasteiger partial charge in [0.2, 0.25) is 5.88 Å². The Bertz CT molecular complexity index is 928. The van der Waals surface area contributed by atoms with Crippen LogP contribution in [0.4, 0.5) is 26.3 Å². The summed E-state index contributed by atoms with van der Waals surface area (Å²) in [4.78, 5) is 15.3. The van der Waals surface area contributed by atoms with Crippen LogP contribution in [-0.4, -0.2) is 38.6 Å². The van der Waals surface area contributed by atoms with Gasteiger partial charge in [0.05, 0.1) is 21.3 Å². The molecule has 0 N–H and O–H groups in total. The van der Waals surface area contributed by atoms with E-state index in [2.05, 4.69) is 14.5 Å². The van der Waals surface area contributed by atoms with Gasteiger partial charge in [0.25, 0.3) is 0 Å². The van der Waals surface area contributed by atoms with Gasteiger partial charge in [-0.2, -0.15) is 13.2 Å². The van der Waals surface area contributed by atoms with Crippen molar-refractivity contribution in [3.63, 3.8) is 0 Å².